The first-order valence-electron chi connectivity index (χ1n) is 3.42. The predicted octanol–water partition coefficient (Wildman–Crippen LogP) is 0.666. The fraction of sp³-hybridized carbons (Fsp3) is 0.286. The highest BCUT2D eigenvalue weighted by atomic mass is 79.9. The third-order valence-corrected chi connectivity index (χ3v) is 2.06. The van der Waals surface area contributed by atoms with E-state index in [1.54, 1.807) is 13.3 Å². The molecule has 0 fully saturated rings. The molecule has 1 aromatic heterocycles. The van der Waals surface area contributed by atoms with E-state index in [-0.39, 0.29) is 7.69 Å². The van der Waals surface area contributed by atoms with Gasteiger partial charge in [-0.25, -0.2) is 4.98 Å². The zero-order valence-electron chi connectivity index (χ0n) is 7.36. The molecule has 0 amide bonds. The fourth-order valence-corrected chi connectivity index (χ4v) is 0.842. The van der Waals surface area contributed by atoms with Crippen molar-refractivity contribution < 1.29 is 14.8 Å². The van der Waals surface area contributed by atoms with Gasteiger partial charge in [-0.2, -0.15) is 0 Å². The summed E-state index contributed by atoms with van der Waals surface area (Å²) in [6, 6.07) is 1.88. The van der Waals surface area contributed by atoms with Crippen molar-refractivity contribution in [2.45, 2.75) is 6.92 Å². The minimum Gasteiger partial charge on any atom is -0.481 e. The van der Waals surface area contributed by atoms with Gasteiger partial charge in [0.1, 0.15) is 0 Å². The molecule has 1 radical (unpaired) electrons. The summed E-state index contributed by atoms with van der Waals surface area (Å²) in [5, 5.41) is 14.0. The zero-order chi connectivity index (χ0) is 10.3. The van der Waals surface area contributed by atoms with Crippen molar-refractivity contribution in [2.24, 2.45) is 0 Å². The average molecular weight is 247 g/mol. The van der Waals surface area contributed by atoms with Gasteiger partial charge in [0.25, 0.3) is 0 Å². The maximum atomic E-state index is 7.00. The highest BCUT2D eigenvalue weighted by molar-refractivity contribution is 9.10. The quantitative estimate of drug-likeness (QED) is 0.715. The lowest BCUT2D eigenvalue weighted by atomic mass is 10.3. The largest absolute Gasteiger partial charge is 0.482 e. The summed E-state index contributed by atoms with van der Waals surface area (Å²) < 4.78 is 5.93. The van der Waals surface area contributed by atoms with Crippen LogP contribution < -0.4 is 4.74 Å². The molecule has 0 atom stereocenters. The monoisotopic (exact) mass is 246 g/mol. The van der Waals surface area contributed by atoms with Crippen LogP contribution in [0.5, 0.6) is 5.88 Å². The predicted molar refractivity (Wildman–Crippen MR) is 53.4 cm³/mol. The van der Waals surface area contributed by atoms with Crippen molar-refractivity contribution >= 4 is 23.6 Å². The molecule has 71 valence electrons. The molecule has 0 aliphatic carbocycles. The van der Waals surface area contributed by atoms with Gasteiger partial charge < -0.3 is 14.8 Å². The molecule has 4 nitrogen and oxygen atoms in total. The number of nitrogens with zero attached hydrogens (tertiary/aromatic N) is 1. The maximum absolute atomic E-state index is 7.00. The molecule has 0 saturated heterocycles. The van der Waals surface area contributed by atoms with Gasteiger partial charge >= 0.3 is 7.69 Å². The van der Waals surface area contributed by atoms with Gasteiger partial charge in [0.2, 0.25) is 5.88 Å². The Morgan fingerprint density at radius 1 is 1.54 bits per heavy atom. The second kappa shape index (κ2) is 6.88. The molecule has 0 aromatic carbocycles. The van der Waals surface area contributed by atoms with E-state index in [1.807, 2.05) is 13.0 Å². The number of pyridine rings is 1. The molecule has 1 aromatic rings. The fourth-order valence-electron chi connectivity index (χ4n) is 0.625. The van der Waals surface area contributed by atoms with Crippen molar-refractivity contribution in [3.8, 4) is 5.88 Å². The van der Waals surface area contributed by atoms with E-state index in [0.717, 1.165) is 10.0 Å². The number of ether oxygens (including phenoxy) is 1. The van der Waals surface area contributed by atoms with Crippen molar-refractivity contribution in [1.29, 1.82) is 0 Å². The Bertz CT molecular complexity index is 259. The first kappa shape index (κ1) is 12.4. The highest BCUT2D eigenvalue weighted by Gasteiger charge is 1.96. The van der Waals surface area contributed by atoms with Crippen LogP contribution in [0.2, 0.25) is 0 Å². The Labute approximate surface area is 86.0 Å². The Balaban J connectivity index is 0.000000424. The van der Waals surface area contributed by atoms with E-state index in [4.69, 9.17) is 14.8 Å². The number of halogens is 1. The summed E-state index contributed by atoms with van der Waals surface area (Å²) in [5.74, 6) is 0.653. The summed E-state index contributed by atoms with van der Waals surface area (Å²) in [6.45, 7) is 1.99. The van der Waals surface area contributed by atoms with Crippen molar-refractivity contribution in [1.82, 2.24) is 4.98 Å². The van der Waals surface area contributed by atoms with E-state index in [1.165, 1.54) is 0 Å². The van der Waals surface area contributed by atoms with E-state index < -0.39 is 0 Å². The topological polar surface area (TPSA) is 62.6 Å². The van der Waals surface area contributed by atoms with E-state index in [9.17, 15) is 0 Å². The third kappa shape index (κ3) is 4.87. The SMILES string of the molecule is COc1cc(C)c(Br)cn1.O[B]O. The van der Waals surface area contributed by atoms with Gasteiger partial charge in [0.05, 0.1) is 7.11 Å². The van der Waals surface area contributed by atoms with Crippen molar-refractivity contribution in [3.05, 3.63) is 22.3 Å². The molecule has 6 heteroatoms. The molecule has 0 aliphatic rings. The lowest BCUT2D eigenvalue weighted by molar-refractivity contribution is 0.397. The molecule has 0 spiro atoms. The molecule has 0 unspecified atom stereocenters. The number of aryl methyl sites for hydroxylation is 1. The minimum atomic E-state index is 0. The third-order valence-electron chi connectivity index (χ3n) is 1.23. The minimum absolute atomic E-state index is 0. The standard InChI is InChI=1S/C7H8BrNO.BH2O2/c1-5-3-7(10-2)9-4-6(5)8;2-1-3/h3-4H,1-2H3;2-3H. The van der Waals surface area contributed by atoms with Crippen LogP contribution in [0, 0.1) is 6.92 Å². The van der Waals surface area contributed by atoms with Crippen LogP contribution >= 0.6 is 15.9 Å². The first-order chi connectivity index (χ1) is 6.15. The first-order valence-corrected chi connectivity index (χ1v) is 4.21. The van der Waals surface area contributed by atoms with Crippen LogP contribution in [-0.4, -0.2) is 29.8 Å². The summed E-state index contributed by atoms with van der Waals surface area (Å²) in [4.78, 5) is 3.99. The van der Waals surface area contributed by atoms with Crippen LogP contribution in [0.1, 0.15) is 5.56 Å². The molecule has 1 heterocycles. The Morgan fingerprint density at radius 2 is 2.08 bits per heavy atom. The molecule has 13 heavy (non-hydrogen) atoms. The summed E-state index contributed by atoms with van der Waals surface area (Å²) in [7, 11) is 1.61. The van der Waals surface area contributed by atoms with Crippen LogP contribution in [0.15, 0.2) is 16.7 Å². The van der Waals surface area contributed by atoms with Crippen LogP contribution in [0.25, 0.3) is 0 Å². The highest BCUT2D eigenvalue weighted by Crippen LogP contribution is 2.17. The lowest BCUT2D eigenvalue weighted by Crippen LogP contribution is -1.87. The molecular weight excluding hydrogens is 237 g/mol. The van der Waals surface area contributed by atoms with Gasteiger partial charge in [-0.1, -0.05) is 0 Å². The van der Waals surface area contributed by atoms with E-state index >= 15 is 0 Å². The Hall–Kier alpha value is -0.585. The van der Waals surface area contributed by atoms with Gasteiger partial charge in [-0.05, 0) is 28.4 Å². The Kier molecular flexibility index (Phi) is 6.57. The van der Waals surface area contributed by atoms with Crippen LogP contribution in [0.3, 0.4) is 0 Å². The van der Waals surface area contributed by atoms with Gasteiger partial charge in [-0.3, -0.25) is 0 Å². The van der Waals surface area contributed by atoms with Crippen molar-refractivity contribution in [2.75, 3.05) is 7.11 Å². The average Bonchev–Trinajstić information content (AvgIpc) is 2.11. The number of hydrogen-bond acceptors (Lipinski definition) is 4. The van der Waals surface area contributed by atoms with Crippen LogP contribution in [-0.2, 0) is 0 Å². The number of methoxy groups -OCH3 is 1. The summed E-state index contributed by atoms with van der Waals surface area (Å²) >= 11 is 3.34. The van der Waals surface area contributed by atoms with E-state index in [0.29, 0.717) is 5.88 Å². The van der Waals surface area contributed by atoms with Gasteiger partial charge in [0.15, 0.2) is 0 Å². The molecule has 0 bridgehead atoms. The number of rotatable bonds is 1. The van der Waals surface area contributed by atoms with E-state index in [2.05, 4.69) is 20.9 Å². The summed E-state index contributed by atoms with van der Waals surface area (Å²) in [5.41, 5.74) is 1.13. The molecule has 0 saturated carbocycles. The molecule has 2 N–H and O–H groups in total. The zero-order valence-corrected chi connectivity index (χ0v) is 8.95. The maximum Gasteiger partial charge on any atom is 0.482 e. The van der Waals surface area contributed by atoms with Crippen LogP contribution in [0.4, 0.5) is 0 Å². The van der Waals surface area contributed by atoms with Gasteiger partial charge in [-0.15, -0.1) is 0 Å². The second-order valence-corrected chi connectivity index (χ2v) is 2.95. The smallest absolute Gasteiger partial charge is 0.481 e. The number of aromatic nitrogens is 1. The normalized spacial score (nSPS) is 8.38. The molecular formula is C7H10BBrNO3. The molecule has 0 aliphatic heterocycles. The Morgan fingerprint density at radius 3 is 2.46 bits per heavy atom. The van der Waals surface area contributed by atoms with Gasteiger partial charge in [0, 0.05) is 16.7 Å². The lowest BCUT2D eigenvalue weighted by Gasteiger charge is -1.99. The second-order valence-electron chi connectivity index (χ2n) is 2.09. The van der Waals surface area contributed by atoms with Crippen molar-refractivity contribution in [3.63, 3.8) is 0 Å². The molecule has 1 rings (SSSR count). The number of hydrogen-bond donors (Lipinski definition) is 2. The summed E-state index contributed by atoms with van der Waals surface area (Å²) in [6.07, 6.45) is 1.73.